The molecule has 122 valence electrons. The molecule has 2 rings (SSSR count). The number of benzene rings is 2. The number of carbonyl (C=O) groups excluding carboxylic acids is 1. The monoisotopic (exact) mass is 387 g/mol. The molecule has 7 heteroatoms. The standard InChI is InChI=1S/C16H13BrF3NO2/c17-10-3-5-11(6-4-10)23-9-1-2-14(22)21-13-8-7-12(18)15(19)16(13)20/h3-8H,1-2,9H2,(H,21,22). The number of hydrogen-bond donors (Lipinski definition) is 1. The Hall–Kier alpha value is -2.02. The molecule has 0 aliphatic heterocycles. The smallest absolute Gasteiger partial charge is 0.224 e. The highest BCUT2D eigenvalue weighted by Gasteiger charge is 2.14. The SMILES string of the molecule is O=C(CCCOc1ccc(Br)cc1)Nc1ccc(F)c(F)c1F. The minimum atomic E-state index is -1.61. The number of hydrogen-bond acceptors (Lipinski definition) is 2. The summed E-state index contributed by atoms with van der Waals surface area (Å²) in [6.45, 7) is 0.301. The summed E-state index contributed by atoms with van der Waals surface area (Å²) in [4.78, 5) is 11.7. The maximum absolute atomic E-state index is 13.4. The molecular weight excluding hydrogens is 375 g/mol. The summed E-state index contributed by atoms with van der Waals surface area (Å²) in [5, 5.41) is 2.20. The molecule has 0 saturated carbocycles. The number of carbonyl (C=O) groups is 1. The van der Waals surface area contributed by atoms with Gasteiger partial charge in [-0.15, -0.1) is 0 Å². The fourth-order valence-electron chi connectivity index (χ4n) is 1.79. The molecule has 0 fully saturated rings. The van der Waals surface area contributed by atoms with Crippen LogP contribution in [0.5, 0.6) is 5.75 Å². The molecule has 0 saturated heterocycles. The van der Waals surface area contributed by atoms with Crippen molar-refractivity contribution in [3.63, 3.8) is 0 Å². The van der Waals surface area contributed by atoms with Gasteiger partial charge in [-0.05, 0) is 42.8 Å². The number of nitrogens with one attached hydrogen (secondary N) is 1. The Balaban J connectivity index is 1.77. The van der Waals surface area contributed by atoms with Crippen LogP contribution >= 0.6 is 15.9 Å². The Morgan fingerprint density at radius 3 is 2.43 bits per heavy atom. The van der Waals surface area contributed by atoms with Gasteiger partial charge < -0.3 is 10.1 Å². The number of ether oxygens (including phenoxy) is 1. The van der Waals surface area contributed by atoms with E-state index in [4.69, 9.17) is 4.74 Å². The zero-order valence-corrected chi connectivity index (χ0v) is 13.5. The Labute approximate surface area is 139 Å². The van der Waals surface area contributed by atoms with Gasteiger partial charge in [0.1, 0.15) is 5.75 Å². The van der Waals surface area contributed by atoms with E-state index in [1.807, 2.05) is 12.1 Å². The van der Waals surface area contributed by atoms with Crippen LogP contribution in [0.4, 0.5) is 18.9 Å². The van der Waals surface area contributed by atoms with Crippen LogP contribution in [-0.4, -0.2) is 12.5 Å². The van der Waals surface area contributed by atoms with Crippen molar-refractivity contribution in [3.05, 3.63) is 58.3 Å². The molecule has 0 heterocycles. The van der Waals surface area contributed by atoms with Crippen molar-refractivity contribution < 1.29 is 22.7 Å². The van der Waals surface area contributed by atoms with E-state index in [9.17, 15) is 18.0 Å². The van der Waals surface area contributed by atoms with Gasteiger partial charge in [0.25, 0.3) is 0 Å². The van der Waals surface area contributed by atoms with Crippen LogP contribution in [0.25, 0.3) is 0 Å². The van der Waals surface area contributed by atoms with Gasteiger partial charge >= 0.3 is 0 Å². The summed E-state index contributed by atoms with van der Waals surface area (Å²) in [5.74, 6) is -4.16. The lowest BCUT2D eigenvalue weighted by atomic mass is 10.2. The summed E-state index contributed by atoms with van der Waals surface area (Å²) in [6, 6.07) is 8.94. The first-order valence-corrected chi connectivity index (χ1v) is 7.58. The van der Waals surface area contributed by atoms with Crippen LogP contribution in [0, 0.1) is 17.5 Å². The van der Waals surface area contributed by atoms with Gasteiger partial charge in [0.2, 0.25) is 5.91 Å². The van der Waals surface area contributed by atoms with Crippen LogP contribution in [0.2, 0.25) is 0 Å². The number of amides is 1. The van der Waals surface area contributed by atoms with E-state index < -0.39 is 23.4 Å². The molecule has 0 atom stereocenters. The lowest BCUT2D eigenvalue weighted by molar-refractivity contribution is -0.116. The molecule has 3 nitrogen and oxygen atoms in total. The number of rotatable bonds is 6. The Kier molecular flexibility index (Phi) is 6.04. The summed E-state index contributed by atoms with van der Waals surface area (Å²) < 4.78 is 45.6. The van der Waals surface area contributed by atoms with Crippen LogP contribution in [0.3, 0.4) is 0 Å². The number of anilines is 1. The van der Waals surface area contributed by atoms with Crippen molar-refractivity contribution in [2.24, 2.45) is 0 Å². The number of halogens is 4. The van der Waals surface area contributed by atoms with Crippen molar-refractivity contribution in [2.75, 3.05) is 11.9 Å². The van der Waals surface area contributed by atoms with Crippen LogP contribution < -0.4 is 10.1 Å². The topological polar surface area (TPSA) is 38.3 Å². The van der Waals surface area contributed by atoms with E-state index in [0.717, 1.165) is 16.6 Å². The van der Waals surface area contributed by atoms with Crippen LogP contribution in [0.1, 0.15) is 12.8 Å². The molecule has 0 spiro atoms. The molecule has 0 aromatic heterocycles. The first kappa shape index (κ1) is 17.3. The van der Waals surface area contributed by atoms with Crippen LogP contribution in [0.15, 0.2) is 40.9 Å². The minimum absolute atomic E-state index is 0.0644. The van der Waals surface area contributed by atoms with E-state index in [-0.39, 0.29) is 12.1 Å². The van der Waals surface area contributed by atoms with Crippen molar-refractivity contribution >= 4 is 27.5 Å². The van der Waals surface area contributed by atoms with Gasteiger partial charge in [0, 0.05) is 10.9 Å². The van der Waals surface area contributed by atoms with Crippen molar-refractivity contribution in [1.29, 1.82) is 0 Å². The Morgan fingerprint density at radius 1 is 1.04 bits per heavy atom. The van der Waals surface area contributed by atoms with Gasteiger partial charge in [-0.25, -0.2) is 13.2 Å². The highest BCUT2D eigenvalue weighted by Crippen LogP contribution is 2.20. The molecule has 0 bridgehead atoms. The largest absolute Gasteiger partial charge is 0.494 e. The normalized spacial score (nSPS) is 10.4. The van der Waals surface area contributed by atoms with Crippen molar-refractivity contribution in [1.82, 2.24) is 0 Å². The van der Waals surface area contributed by atoms with Crippen molar-refractivity contribution in [3.8, 4) is 5.75 Å². The lowest BCUT2D eigenvalue weighted by Crippen LogP contribution is -2.14. The maximum atomic E-state index is 13.4. The van der Waals surface area contributed by atoms with Gasteiger partial charge in [-0.3, -0.25) is 4.79 Å². The van der Waals surface area contributed by atoms with Gasteiger partial charge in [-0.1, -0.05) is 15.9 Å². The summed E-state index contributed by atoms with van der Waals surface area (Å²) in [7, 11) is 0. The highest BCUT2D eigenvalue weighted by molar-refractivity contribution is 9.10. The molecule has 2 aromatic carbocycles. The van der Waals surface area contributed by atoms with E-state index in [1.54, 1.807) is 12.1 Å². The molecule has 0 radical (unpaired) electrons. The molecule has 2 aromatic rings. The summed E-state index contributed by atoms with van der Waals surface area (Å²) >= 11 is 3.30. The molecule has 0 aliphatic rings. The Morgan fingerprint density at radius 2 is 1.74 bits per heavy atom. The van der Waals surface area contributed by atoms with Gasteiger partial charge in [-0.2, -0.15) is 0 Å². The minimum Gasteiger partial charge on any atom is -0.494 e. The predicted octanol–water partition coefficient (Wildman–Crippen LogP) is 4.66. The van der Waals surface area contributed by atoms with Gasteiger partial charge in [0.05, 0.1) is 12.3 Å². The van der Waals surface area contributed by atoms with E-state index in [0.29, 0.717) is 18.8 Å². The maximum Gasteiger partial charge on any atom is 0.224 e. The van der Waals surface area contributed by atoms with Gasteiger partial charge in [0.15, 0.2) is 17.5 Å². The zero-order chi connectivity index (χ0) is 16.8. The fourth-order valence-corrected chi connectivity index (χ4v) is 2.05. The second-order valence-corrected chi connectivity index (χ2v) is 5.59. The van der Waals surface area contributed by atoms with E-state index >= 15 is 0 Å². The third kappa shape index (κ3) is 4.99. The summed E-state index contributed by atoms with van der Waals surface area (Å²) in [5.41, 5.74) is -0.386. The quantitative estimate of drug-likeness (QED) is 0.577. The molecular formula is C16H13BrF3NO2. The van der Waals surface area contributed by atoms with E-state index in [2.05, 4.69) is 21.2 Å². The molecule has 1 amide bonds. The lowest BCUT2D eigenvalue weighted by Gasteiger charge is -2.08. The van der Waals surface area contributed by atoms with Crippen molar-refractivity contribution in [2.45, 2.75) is 12.8 Å². The average Bonchev–Trinajstić information content (AvgIpc) is 2.54. The molecule has 23 heavy (non-hydrogen) atoms. The Bertz CT molecular complexity index is 692. The zero-order valence-electron chi connectivity index (χ0n) is 11.9. The average molecular weight is 388 g/mol. The third-order valence-electron chi connectivity index (χ3n) is 2.94. The van der Waals surface area contributed by atoms with Crippen LogP contribution in [-0.2, 0) is 4.79 Å². The first-order valence-electron chi connectivity index (χ1n) is 6.79. The molecule has 1 N–H and O–H groups in total. The second kappa shape index (κ2) is 8.01. The first-order chi connectivity index (χ1) is 11.0. The highest BCUT2D eigenvalue weighted by atomic mass is 79.9. The second-order valence-electron chi connectivity index (χ2n) is 4.68. The molecule has 0 unspecified atom stereocenters. The predicted molar refractivity (Wildman–Crippen MR) is 83.8 cm³/mol. The van der Waals surface area contributed by atoms with E-state index in [1.165, 1.54) is 0 Å². The molecule has 0 aliphatic carbocycles. The fraction of sp³-hybridized carbons (Fsp3) is 0.188. The third-order valence-corrected chi connectivity index (χ3v) is 3.47. The summed E-state index contributed by atoms with van der Waals surface area (Å²) in [6.07, 6.45) is 0.460.